The fourth-order valence-corrected chi connectivity index (χ4v) is 4.30. The van der Waals surface area contributed by atoms with E-state index in [9.17, 15) is 22.6 Å². The molecule has 0 amide bonds. The molecule has 3 rings (SSSR count). The van der Waals surface area contributed by atoms with Gasteiger partial charge in [0.2, 0.25) is 0 Å². The zero-order valence-electron chi connectivity index (χ0n) is 10.7. The van der Waals surface area contributed by atoms with Crippen LogP contribution in [0.3, 0.4) is 0 Å². The monoisotopic (exact) mass is 303 g/mol. The van der Waals surface area contributed by atoms with E-state index in [-0.39, 0.29) is 36.9 Å². The van der Waals surface area contributed by atoms with Crippen molar-refractivity contribution in [2.24, 2.45) is 23.7 Å². The van der Waals surface area contributed by atoms with Crippen molar-refractivity contribution in [1.82, 2.24) is 0 Å². The van der Waals surface area contributed by atoms with E-state index < -0.39 is 33.7 Å². The average molecular weight is 303 g/mol. The molecule has 7 nitrogen and oxygen atoms in total. The molecule has 0 aromatic rings. The molecule has 3 aliphatic rings. The van der Waals surface area contributed by atoms with E-state index in [1.165, 1.54) is 0 Å². The van der Waals surface area contributed by atoms with E-state index in [1.54, 1.807) is 0 Å². The van der Waals surface area contributed by atoms with Gasteiger partial charge in [0.25, 0.3) is 0 Å². The van der Waals surface area contributed by atoms with Gasteiger partial charge < -0.3 is 14.0 Å². The molecule has 8 heteroatoms. The molecule has 1 saturated heterocycles. The van der Waals surface area contributed by atoms with Crippen LogP contribution in [0.1, 0.15) is 19.3 Å². The Morgan fingerprint density at radius 1 is 1.40 bits per heavy atom. The summed E-state index contributed by atoms with van der Waals surface area (Å²) in [5, 5.41) is 0. The van der Waals surface area contributed by atoms with E-state index in [0.29, 0.717) is 6.42 Å². The van der Waals surface area contributed by atoms with Gasteiger partial charge in [0.1, 0.15) is 6.10 Å². The molecule has 3 fully saturated rings. The number of carbonyl (C=O) groups excluding carboxylic acids is 2. The molecule has 5 atom stereocenters. The molecule has 2 aliphatic carbocycles. The molecule has 1 aliphatic heterocycles. The third kappa shape index (κ3) is 2.31. The SMILES string of the molecule is O=C(OCCCS(=O)(=O)[O-])C1C2CC3OC(=O)C1C3C2. The third-order valence-electron chi connectivity index (χ3n) is 4.54. The molecular formula is C12H15O7S-. The van der Waals surface area contributed by atoms with Gasteiger partial charge in [-0.1, -0.05) is 0 Å². The summed E-state index contributed by atoms with van der Waals surface area (Å²) in [6.45, 7) is -0.112. The van der Waals surface area contributed by atoms with Gasteiger partial charge in [-0.3, -0.25) is 9.59 Å². The Labute approximate surface area is 116 Å². The van der Waals surface area contributed by atoms with Crippen LogP contribution in [0.2, 0.25) is 0 Å². The lowest BCUT2D eigenvalue weighted by atomic mass is 9.80. The quantitative estimate of drug-likeness (QED) is 0.388. The molecule has 0 N–H and O–H groups in total. The second-order valence-electron chi connectivity index (χ2n) is 5.71. The zero-order valence-corrected chi connectivity index (χ0v) is 11.5. The van der Waals surface area contributed by atoms with Crippen molar-refractivity contribution in [2.75, 3.05) is 12.4 Å². The van der Waals surface area contributed by atoms with Crippen LogP contribution in [0.5, 0.6) is 0 Å². The van der Waals surface area contributed by atoms with Crippen LogP contribution >= 0.6 is 0 Å². The minimum absolute atomic E-state index is 0.0177. The van der Waals surface area contributed by atoms with Gasteiger partial charge in [0, 0.05) is 11.7 Å². The highest BCUT2D eigenvalue weighted by Gasteiger charge is 2.64. The van der Waals surface area contributed by atoms with Gasteiger partial charge in [0.15, 0.2) is 0 Å². The minimum Gasteiger partial charge on any atom is -0.748 e. The molecule has 0 aromatic carbocycles. The standard InChI is InChI=1S/C12H16O7S/c13-11(18-2-1-3-20(15,16)17)9-6-4-7-8(5-6)19-12(14)10(7)9/h6-10H,1-5H2,(H,15,16,17)/p-1. The number of esters is 2. The van der Waals surface area contributed by atoms with Crippen LogP contribution in [0.4, 0.5) is 0 Å². The lowest BCUT2D eigenvalue weighted by molar-refractivity contribution is -0.155. The van der Waals surface area contributed by atoms with E-state index in [0.717, 1.165) is 6.42 Å². The predicted octanol–water partition coefficient (Wildman–Crippen LogP) is -0.337. The Morgan fingerprint density at radius 3 is 2.85 bits per heavy atom. The van der Waals surface area contributed by atoms with Crippen LogP contribution in [-0.4, -0.2) is 43.4 Å². The first-order chi connectivity index (χ1) is 9.37. The summed E-state index contributed by atoms with van der Waals surface area (Å²) in [5.74, 6) is -1.94. The Bertz CT molecular complexity index is 538. The third-order valence-corrected chi connectivity index (χ3v) is 5.33. The number of hydrogen-bond donors (Lipinski definition) is 0. The van der Waals surface area contributed by atoms with E-state index in [1.807, 2.05) is 0 Å². The fourth-order valence-electron chi connectivity index (χ4n) is 3.83. The van der Waals surface area contributed by atoms with Crippen molar-refractivity contribution in [1.29, 1.82) is 0 Å². The largest absolute Gasteiger partial charge is 0.748 e. The first kappa shape index (κ1) is 13.8. The molecule has 0 aromatic heterocycles. The van der Waals surface area contributed by atoms with Crippen molar-refractivity contribution in [3.05, 3.63) is 0 Å². The number of ether oxygens (including phenoxy) is 2. The molecule has 112 valence electrons. The highest BCUT2D eigenvalue weighted by molar-refractivity contribution is 7.85. The lowest BCUT2D eigenvalue weighted by Gasteiger charge is -2.22. The Balaban J connectivity index is 1.55. The molecule has 20 heavy (non-hydrogen) atoms. The van der Waals surface area contributed by atoms with Crippen molar-refractivity contribution in [2.45, 2.75) is 25.4 Å². The van der Waals surface area contributed by atoms with Crippen molar-refractivity contribution in [3.8, 4) is 0 Å². The molecule has 5 unspecified atom stereocenters. The summed E-state index contributed by atoms with van der Waals surface area (Å²) in [5.41, 5.74) is 0. The topological polar surface area (TPSA) is 110 Å². The van der Waals surface area contributed by atoms with Gasteiger partial charge in [-0.2, -0.15) is 0 Å². The maximum Gasteiger partial charge on any atom is 0.310 e. The zero-order chi connectivity index (χ0) is 14.5. The van der Waals surface area contributed by atoms with E-state index in [4.69, 9.17) is 9.47 Å². The summed E-state index contributed by atoms with van der Waals surface area (Å²) in [6.07, 6.45) is 1.47. The van der Waals surface area contributed by atoms with Gasteiger partial charge in [0.05, 0.1) is 28.6 Å². The van der Waals surface area contributed by atoms with Crippen LogP contribution in [-0.2, 0) is 29.2 Å². The van der Waals surface area contributed by atoms with Crippen LogP contribution < -0.4 is 0 Å². The van der Waals surface area contributed by atoms with Crippen molar-refractivity contribution < 1.29 is 32.0 Å². The van der Waals surface area contributed by atoms with Crippen molar-refractivity contribution >= 4 is 22.1 Å². The number of rotatable bonds is 5. The minimum atomic E-state index is -4.28. The molecule has 0 radical (unpaired) electrons. The number of fused-ring (bicyclic) bond motifs is 1. The molecule has 2 bridgehead atoms. The molecule has 2 saturated carbocycles. The maximum atomic E-state index is 12.0. The van der Waals surface area contributed by atoms with Gasteiger partial charge in [-0.05, 0) is 25.2 Å². The predicted molar refractivity (Wildman–Crippen MR) is 63.2 cm³/mol. The van der Waals surface area contributed by atoms with E-state index >= 15 is 0 Å². The molecular weight excluding hydrogens is 288 g/mol. The Morgan fingerprint density at radius 2 is 2.15 bits per heavy atom. The first-order valence-electron chi connectivity index (χ1n) is 6.67. The van der Waals surface area contributed by atoms with E-state index in [2.05, 4.69) is 0 Å². The van der Waals surface area contributed by atoms with Gasteiger partial charge >= 0.3 is 11.9 Å². The van der Waals surface area contributed by atoms with Crippen LogP contribution in [0, 0.1) is 23.7 Å². The summed E-state index contributed by atoms with van der Waals surface area (Å²) in [7, 11) is -4.28. The van der Waals surface area contributed by atoms with Crippen LogP contribution in [0.15, 0.2) is 0 Å². The van der Waals surface area contributed by atoms with Gasteiger partial charge in [-0.15, -0.1) is 0 Å². The van der Waals surface area contributed by atoms with Gasteiger partial charge in [-0.25, -0.2) is 8.42 Å². The Hall–Kier alpha value is -1.15. The second-order valence-corrected chi connectivity index (χ2v) is 7.23. The Kier molecular flexibility index (Phi) is 3.24. The maximum absolute atomic E-state index is 12.0. The van der Waals surface area contributed by atoms with Crippen LogP contribution in [0.25, 0.3) is 0 Å². The molecule has 0 spiro atoms. The second kappa shape index (κ2) is 4.70. The highest BCUT2D eigenvalue weighted by Crippen LogP contribution is 2.57. The summed E-state index contributed by atoms with van der Waals surface area (Å²) in [6, 6.07) is 0. The summed E-state index contributed by atoms with van der Waals surface area (Å²) < 4.78 is 41.5. The smallest absolute Gasteiger partial charge is 0.310 e. The number of carbonyl (C=O) groups is 2. The summed E-state index contributed by atoms with van der Waals surface area (Å²) >= 11 is 0. The normalized spacial score (nSPS) is 38.0. The highest BCUT2D eigenvalue weighted by atomic mass is 32.2. The summed E-state index contributed by atoms with van der Waals surface area (Å²) in [4.78, 5) is 23.8. The lowest BCUT2D eigenvalue weighted by Crippen LogP contribution is -2.33. The average Bonchev–Trinajstić information content (AvgIpc) is 2.93. The fraction of sp³-hybridized carbons (Fsp3) is 0.833. The molecule has 1 heterocycles. The first-order valence-corrected chi connectivity index (χ1v) is 8.25. The van der Waals surface area contributed by atoms with Crippen molar-refractivity contribution in [3.63, 3.8) is 0 Å². The number of hydrogen-bond acceptors (Lipinski definition) is 7.